The topological polar surface area (TPSA) is 105 Å². The Kier molecular flexibility index (Phi) is 24.1. The molecule has 0 heterocycles. The van der Waals surface area contributed by atoms with Crippen molar-refractivity contribution in [1.29, 1.82) is 0 Å². The van der Waals surface area contributed by atoms with E-state index in [1.54, 1.807) is 6.92 Å². The van der Waals surface area contributed by atoms with Gasteiger partial charge in [-0.05, 0) is 192 Å². The first-order valence-electron chi connectivity index (χ1n) is 31.5. The quantitative estimate of drug-likeness (QED) is 0.0264. The first-order chi connectivity index (χ1) is 35.6. The van der Waals surface area contributed by atoms with Crippen LogP contribution in [0.4, 0.5) is 0 Å². The summed E-state index contributed by atoms with van der Waals surface area (Å²) < 4.78 is 23.0. The van der Waals surface area contributed by atoms with Crippen LogP contribution >= 0.6 is 0 Å². The fourth-order valence-corrected chi connectivity index (χ4v) is 17.6. The van der Waals surface area contributed by atoms with Crippen molar-refractivity contribution in [1.82, 2.24) is 0 Å². The summed E-state index contributed by atoms with van der Waals surface area (Å²) in [6.07, 6.45) is 43.2. The minimum absolute atomic E-state index is 0.00343. The fraction of sp³-hybridized carbons (Fsp3) is 0.877. The van der Waals surface area contributed by atoms with Gasteiger partial charge in [-0.2, -0.15) is 0 Å². The summed E-state index contributed by atoms with van der Waals surface area (Å²) in [4.78, 5) is 49.7. The molecular formula is C65H106O8. The molecule has 0 radical (unpaired) electrons. The Morgan fingerprint density at radius 2 is 0.849 bits per heavy atom. The van der Waals surface area contributed by atoms with Gasteiger partial charge in [-0.15, -0.1) is 0 Å². The molecule has 7 fully saturated rings. The van der Waals surface area contributed by atoms with Crippen molar-refractivity contribution in [3.8, 4) is 0 Å². The molecule has 0 saturated heterocycles. The third-order valence-electron chi connectivity index (χ3n) is 21.1. The van der Waals surface area contributed by atoms with Gasteiger partial charge in [-0.3, -0.25) is 9.59 Å². The Morgan fingerprint density at radius 3 is 1.32 bits per heavy atom. The molecule has 8 nitrogen and oxygen atoms in total. The normalized spacial score (nSPS) is 33.6. The average Bonchev–Trinajstić information content (AvgIpc) is 4.26. The molecule has 7 aliphatic rings. The highest BCUT2D eigenvalue weighted by atomic mass is 16.5. The molecule has 0 aromatic carbocycles. The number of carbonyl (C=O) groups excluding carboxylic acids is 4. The largest absolute Gasteiger partial charge is 0.465 e. The summed E-state index contributed by atoms with van der Waals surface area (Å²) in [6.45, 7) is 15.9. The number of carbonyl (C=O) groups is 4. The van der Waals surface area contributed by atoms with Crippen LogP contribution in [0.3, 0.4) is 0 Å². The number of esters is 4. The second-order valence-electron chi connectivity index (χ2n) is 26.0. The van der Waals surface area contributed by atoms with Crippen molar-refractivity contribution in [2.45, 2.75) is 239 Å². The number of hydrogen-bond donors (Lipinski definition) is 0. The molecule has 0 amide bonds. The zero-order valence-corrected chi connectivity index (χ0v) is 46.9. The van der Waals surface area contributed by atoms with Gasteiger partial charge in [0.1, 0.15) is 0 Å². The van der Waals surface area contributed by atoms with Crippen LogP contribution in [0.1, 0.15) is 239 Å². The van der Waals surface area contributed by atoms with E-state index in [-0.39, 0.29) is 23.9 Å². The van der Waals surface area contributed by atoms with Gasteiger partial charge in [0.05, 0.1) is 26.4 Å². The third-order valence-corrected chi connectivity index (χ3v) is 21.1. The Bertz CT molecular complexity index is 1720. The highest BCUT2D eigenvalue weighted by molar-refractivity contribution is 5.86. The monoisotopic (exact) mass is 1010 g/mol. The first kappa shape index (κ1) is 58.1. The Balaban J connectivity index is 0.808. The second-order valence-corrected chi connectivity index (χ2v) is 26.0. The Morgan fingerprint density at radius 1 is 0.438 bits per heavy atom. The maximum atomic E-state index is 13.1. The third kappa shape index (κ3) is 16.9. The van der Waals surface area contributed by atoms with Crippen molar-refractivity contribution in [3.05, 3.63) is 24.8 Å². The summed E-state index contributed by atoms with van der Waals surface area (Å²) in [6, 6.07) is 0. The van der Waals surface area contributed by atoms with E-state index in [1.807, 2.05) is 0 Å². The fourth-order valence-electron chi connectivity index (χ4n) is 17.6. The number of ether oxygens (including phenoxy) is 4. The summed E-state index contributed by atoms with van der Waals surface area (Å²) in [7, 11) is 0. The Hall–Kier alpha value is -2.64. The van der Waals surface area contributed by atoms with Gasteiger partial charge in [-0.25, -0.2) is 9.59 Å². The lowest BCUT2D eigenvalue weighted by molar-refractivity contribution is -0.147. The van der Waals surface area contributed by atoms with Crippen molar-refractivity contribution in [2.24, 2.45) is 94.7 Å². The van der Waals surface area contributed by atoms with Crippen molar-refractivity contribution in [3.63, 3.8) is 0 Å². The minimum atomic E-state index is -0.313. The summed E-state index contributed by atoms with van der Waals surface area (Å²) in [5, 5.41) is 0. The molecular weight excluding hydrogens is 909 g/mol. The molecule has 7 saturated carbocycles. The molecule has 16 atom stereocenters. The van der Waals surface area contributed by atoms with Crippen LogP contribution in [0.2, 0.25) is 0 Å². The highest BCUT2D eigenvalue weighted by Gasteiger charge is 2.57. The molecule has 7 rings (SSSR count). The van der Waals surface area contributed by atoms with Crippen LogP contribution in [0, 0.1) is 94.7 Å². The predicted molar refractivity (Wildman–Crippen MR) is 293 cm³/mol. The average molecular weight is 1020 g/mol. The van der Waals surface area contributed by atoms with Gasteiger partial charge in [0.2, 0.25) is 0 Å². The van der Waals surface area contributed by atoms with Gasteiger partial charge in [0.25, 0.3) is 0 Å². The molecule has 414 valence electrons. The van der Waals surface area contributed by atoms with E-state index >= 15 is 0 Å². The Labute approximate surface area is 445 Å². The summed E-state index contributed by atoms with van der Waals surface area (Å²) >= 11 is 0. The molecule has 0 spiro atoms. The van der Waals surface area contributed by atoms with Crippen molar-refractivity contribution >= 4 is 23.9 Å². The zero-order valence-electron chi connectivity index (χ0n) is 46.9. The number of fused-ring (bicyclic) bond motifs is 10. The lowest BCUT2D eigenvalue weighted by atomic mass is 9.61. The van der Waals surface area contributed by atoms with E-state index in [2.05, 4.69) is 27.0 Å². The van der Waals surface area contributed by atoms with E-state index in [0.717, 1.165) is 85.9 Å². The zero-order chi connectivity index (χ0) is 51.5. The smallest absolute Gasteiger partial charge is 0.333 e. The lowest BCUT2D eigenvalue weighted by Gasteiger charge is -2.44. The second kappa shape index (κ2) is 30.3. The molecule has 73 heavy (non-hydrogen) atoms. The SMILES string of the molecule is C=CC(=O)OCC1CC2C3CC(COC(=O)CCCCCCC4C(CCCCCC)CCC(CCCCCCCC)C4CCCCCCC(=O)OCC4CC5CC4[C@H]4CC(COC(=O)C(=C)C)CC54)C(C3)[C@H]2C1. The summed E-state index contributed by atoms with van der Waals surface area (Å²) in [5.74, 6) is 10.5. The van der Waals surface area contributed by atoms with Crippen LogP contribution in [0.5, 0.6) is 0 Å². The van der Waals surface area contributed by atoms with Crippen LogP contribution in [-0.2, 0) is 38.1 Å². The van der Waals surface area contributed by atoms with E-state index in [4.69, 9.17) is 18.9 Å². The number of rotatable bonds is 36. The molecule has 0 aromatic rings. The van der Waals surface area contributed by atoms with Crippen LogP contribution in [0.25, 0.3) is 0 Å². The van der Waals surface area contributed by atoms with E-state index < -0.39 is 0 Å². The number of unbranched alkanes of at least 4 members (excludes halogenated alkanes) is 14. The predicted octanol–water partition coefficient (Wildman–Crippen LogP) is 16.2. The van der Waals surface area contributed by atoms with Gasteiger partial charge >= 0.3 is 23.9 Å². The van der Waals surface area contributed by atoms with Crippen LogP contribution < -0.4 is 0 Å². The van der Waals surface area contributed by atoms with Crippen LogP contribution in [-0.4, -0.2) is 50.3 Å². The van der Waals surface area contributed by atoms with Gasteiger partial charge in [0.15, 0.2) is 0 Å². The first-order valence-corrected chi connectivity index (χ1v) is 31.5. The van der Waals surface area contributed by atoms with Crippen LogP contribution in [0.15, 0.2) is 24.8 Å². The molecule has 8 heteroatoms. The van der Waals surface area contributed by atoms with E-state index in [1.165, 1.54) is 173 Å². The molecule has 7 aliphatic carbocycles. The van der Waals surface area contributed by atoms with E-state index in [9.17, 15) is 19.2 Å². The standard InChI is InChI=1S/C65H106O8/c1-6-9-11-13-14-20-26-49-32-31-48(25-19-12-10-7-2)54(27-21-15-17-23-29-63(67)71-43-52-37-50-39-58(52)60-35-46(33-56(50)60)41-70-62(66)8-3)55(49)28-22-16-18-24-30-64(68)72-44-53-38-51-40-59(53)61-36-47(34-57(51)61)42-73-65(69)45(4)5/h8,46-61H,3-4,6-7,9-44H2,1-2,5H3/t46?,47?,48?,49?,50?,51?,52?,53?,54?,55?,56?,57?,58?,59?,60-,61-/m0/s1. The highest BCUT2D eigenvalue weighted by Crippen LogP contribution is 2.63. The van der Waals surface area contributed by atoms with E-state index in [0.29, 0.717) is 92.2 Å². The summed E-state index contributed by atoms with van der Waals surface area (Å²) in [5.41, 5.74) is 0.474. The minimum Gasteiger partial charge on any atom is -0.465 e. The molecule has 14 unspecified atom stereocenters. The number of hydrogen-bond acceptors (Lipinski definition) is 8. The molecule has 4 bridgehead atoms. The van der Waals surface area contributed by atoms with Gasteiger partial charge in [-0.1, -0.05) is 143 Å². The maximum Gasteiger partial charge on any atom is 0.333 e. The maximum absolute atomic E-state index is 13.1. The molecule has 0 aliphatic heterocycles. The lowest BCUT2D eigenvalue weighted by Crippen LogP contribution is -2.35. The van der Waals surface area contributed by atoms with Crippen molar-refractivity contribution < 1.29 is 38.1 Å². The van der Waals surface area contributed by atoms with Gasteiger partial charge < -0.3 is 18.9 Å². The molecule has 0 N–H and O–H groups in total. The molecule has 0 aromatic heterocycles. The van der Waals surface area contributed by atoms with Gasteiger partial charge in [0, 0.05) is 24.5 Å². The van der Waals surface area contributed by atoms with Crippen molar-refractivity contribution in [2.75, 3.05) is 26.4 Å².